The van der Waals surface area contributed by atoms with Gasteiger partial charge >= 0.3 is 18.1 Å². The van der Waals surface area contributed by atoms with Gasteiger partial charge in [0.2, 0.25) is 0 Å². The molecule has 0 saturated heterocycles. The molecule has 0 bridgehead atoms. The van der Waals surface area contributed by atoms with Crippen LogP contribution in [0.15, 0.2) is 41.6 Å². The summed E-state index contributed by atoms with van der Waals surface area (Å²) in [5, 5.41) is 6.16. The van der Waals surface area contributed by atoms with Crippen molar-refractivity contribution in [3.63, 3.8) is 0 Å². The number of nitrogens with zero attached hydrogens (tertiary/aromatic N) is 3. The van der Waals surface area contributed by atoms with Crippen LogP contribution in [0.2, 0.25) is 0 Å². The molecule has 0 aliphatic heterocycles. The van der Waals surface area contributed by atoms with Gasteiger partial charge in [0, 0.05) is 18.3 Å². The van der Waals surface area contributed by atoms with Crippen molar-refractivity contribution in [2.45, 2.75) is 12.6 Å². The lowest BCUT2D eigenvalue weighted by atomic mass is 10.1. The first-order valence-electron chi connectivity index (χ1n) is 10.9. The fraction of sp³-hybridized carbons (Fsp3) is 0.333. The quantitative estimate of drug-likeness (QED) is 0.216. The third-order valence-electron chi connectivity index (χ3n) is 4.77. The SMILES string of the molecule is COC(=O)c1cnc(C/C(=N\NC(=O)C[N+](C)(C)C)C(=O)Nc2cccc(C(F)(F)F)c2)c(C(=O)OC)c1. The molecule has 2 rings (SSSR count). The highest BCUT2D eigenvalue weighted by Crippen LogP contribution is 2.30. The van der Waals surface area contributed by atoms with Crippen LogP contribution in [0.1, 0.15) is 32.0 Å². The molecule has 0 radical (unpaired) electrons. The Labute approximate surface area is 216 Å². The number of anilines is 1. The highest BCUT2D eigenvalue weighted by molar-refractivity contribution is 6.43. The van der Waals surface area contributed by atoms with Crippen molar-refractivity contribution >= 4 is 35.2 Å². The van der Waals surface area contributed by atoms with E-state index in [9.17, 15) is 32.3 Å². The number of likely N-dealkylation sites (N-methyl/N-ethyl adjacent to an activating group) is 1. The Hall–Kier alpha value is -4.33. The zero-order valence-corrected chi connectivity index (χ0v) is 21.3. The Kier molecular flexibility index (Phi) is 9.66. The van der Waals surface area contributed by atoms with E-state index >= 15 is 0 Å². The summed E-state index contributed by atoms with van der Waals surface area (Å²) in [6.07, 6.45) is -4.00. The predicted molar refractivity (Wildman–Crippen MR) is 129 cm³/mol. The molecule has 2 aromatic rings. The Morgan fingerprint density at radius 2 is 1.68 bits per heavy atom. The molecule has 14 heteroatoms. The third-order valence-corrected chi connectivity index (χ3v) is 4.77. The number of quaternary nitrogens is 1. The minimum Gasteiger partial charge on any atom is -0.465 e. The van der Waals surface area contributed by atoms with Crippen molar-refractivity contribution in [1.29, 1.82) is 0 Å². The lowest BCUT2D eigenvalue weighted by Crippen LogP contribution is -2.43. The maximum absolute atomic E-state index is 13.1. The summed E-state index contributed by atoms with van der Waals surface area (Å²) in [5.41, 5.74) is 0.369. The van der Waals surface area contributed by atoms with Crippen LogP contribution in [0, 0.1) is 0 Å². The van der Waals surface area contributed by atoms with Gasteiger partial charge in [0.15, 0.2) is 6.54 Å². The average molecular weight is 539 g/mol. The van der Waals surface area contributed by atoms with Crippen molar-refractivity contribution in [3.8, 4) is 0 Å². The Morgan fingerprint density at radius 1 is 1.03 bits per heavy atom. The van der Waals surface area contributed by atoms with Crippen LogP contribution in [0.4, 0.5) is 18.9 Å². The Balaban J connectivity index is 2.46. The number of halogens is 3. The zero-order valence-electron chi connectivity index (χ0n) is 21.3. The molecular weight excluding hydrogens is 511 g/mol. The van der Waals surface area contributed by atoms with Gasteiger partial charge in [-0.25, -0.2) is 15.0 Å². The normalized spacial score (nSPS) is 11.9. The van der Waals surface area contributed by atoms with E-state index in [1.54, 1.807) is 21.1 Å². The van der Waals surface area contributed by atoms with Gasteiger partial charge in [-0.05, 0) is 24.3 Å². The maximum Gasteiger partial charge on any atom is 0.416 e. The minimum atomic E-state index is -4.64. The number of hydrogen-bond donors (Lipinski definition) is 2. The third kappa shape index (κ3) is 8.65. The van der Waals surface area contributed by atoms with Gasteiger partial charge in [0.05, 0.1) is 57.7 Å². The Morgan fingerprint density at radius 3 is 2.26 bits per heavy atom. The number of rotatable bonds is 9. The number of ether oxygens (including phenoxy) is 2. The summed E-state index contributed by atoms with van der Waals surface area (Å²) in [6.45, 7) is -0.00842. The van der Waals surface area contributed by atoms with E-state index in [1.807, 2.05) is 0 Å². The molecule has 11 nitrogen and oxygen atoms in total. The summed E-state index contributed by atoms with van der Waals surface area (Å²) in [7, 11) is 7.48. The summed E-state index contributed by atoms with van der Waals surface area (Å²) in [4.78, 5) is 53.6. The number of hydrazone groups is 1. The first-order valence-corrected chi connectivity index (χ1v) is 10.9. The van der Waals surface area contributed by atoms with E-state index in [0.29, 0.717) is 0 Å². The molecule has 0 atom stereocenters. The number of pyridine rings is 1. The molecule has 0 aliphatic rings. The lowest BCUT2D eigenvalue weighted by molar-refractivity contribution is -0.862. The van der Waals surface area contributed by atoms with Crippen LogP contribution in [0.5, 0.6) is 0 Å². The molecule has 0 aliphatic carbocycles. The Bertz CT molecular complexity index is 1250. The second-order valence-electron chi connectivity index (χ2n) is 8.95. The van der Waals surface area contributed by atoms with Gasteiger partial charge in [0.25, 0.3) is 11.8 Å². The van der Waals surface area contributed by atoms with E-state index in [4.69, 9.17) is 4.74 Å². The van der Waals surface area contributed by atoms with Crippen LogP contribution in [0.25, 0.3) is 0 Å². The van der Waals surface area contributed by atoms with Crippen molar-refractivity contribution in [2.75, 3.05) is 47.2 Å². The number of esters is 2. The van der Waals surface area contributed by atoms with Crippen molar-refractivity contribution in [1.82, 2.24) is 10.4 Å². The summed E-state index contributed by atoms with van der Waals surface area (Å²) >= 11 is 0. The fourth-order valence-electron chi connectivity index (χ4n) is 3.05. The number of carbonyl (C=O) groups is 4. The number of carbonyl (C=O) groups excluding carboxylic acids is 4. The van der Waals surface area contributed by atoms with Crippen LogP contribution in [-0.2, 0) is 31.7 Å². The van der Waals surface area contributed by atoms with E-state index in [-0.39, 0.29) is 39.2 Å². The van der Waals surface area contributed by atoms with Crippen LogP contribution in [-0.4, -0.2) is 80.8 Å². The monoisotopic (exact) mass is 538 g/mol. The van der Waals surface area contributed by atoms with Gasteiger partial charge < -0.3 is 19.3 Å². The second-order valence-corrected chi connectivity index (χ2v) is 8.95. The highest BCUT2D eigenvalue weighted by Gasteiger charge is 2.31. The summed E-state index contributed by atoms with van der Waals surface area (Å²) in [6, 6.07) is 5.07. The van der Waals surface area contributed by atoms with Gasteiger partial charge in [-0.2, -0.15) is 18.3 Å². The minimum absolute atomic E-state index is 0.00842. The molecule has 1 heterocycles. The zero-order chi connectivity index (χ0) is 28.7. The molecule has 2 amide bonds. The number of benzene rings is 1. The average Bonchev–Trinajstić information content (AvgIpc) is 2.84. The number of alkyl halides is 3. The second kappa shape index (κ2) is 12.3. The highest BCUT2D eigenvalue weighted by atomic mass is 19.4. The number of aromatic nitrogens is 1. The van der Waals surface area contributed by atoms with Crippen LogP contribution in [0.3, 0.4) is 0 Å². The molecule has 0 fully saturated rings. The number of methoxy groups -OCH3 is 2. The fourth-order valence-corrected chi connectivity index (χ4v) is 3.05. The lowest BCUT2D eigenvalue weighted by Gasteiger charge is -2.22. The first-order chi connectivity index (χ1) is 17.6. The molecular formula is C24H27F3N5O6+. The molecule has 1 aromatic carbocycles. The van der Waals surface area contributed by atoms with Gasteiger partial charge in [0.1, 0.15) is 5.71 Å². The van der Waals surface area contributed by atoms with Crippen LogP contribution < -0.4 is 10.7 Å². The molecule has 1 aromatic heterocycles. The van der Waals surface area contributed by atoms with Gasteiger partial charge in [-0.3, -0.25) is 14.6 Å². The van der Waals surface area contributed by atoms with E-state index in [0.717, 1.165) is 44.7 Å². The molecule has 0 saturated carbocycles. The summed E-state index contributed by atoms with van der Waals surface area (Å²) in [5.74, 6) is -3.18. The number of nitrogens with one attached hydrogen (secondary N) is 2. The topological polar surface area (TPSA) is 136 Å². The predicted octanol–water partition coefficient (Wildman–Crippen LogP) is 2.03. The van der Waals surface area contributed by atoms with Crippen molar-refractivity contribution in [3.05, 3.63) is 58.9 Å². The standard InChI is InChI=1S/C24H26F3N5O6/c1-32(2,3)13-20(33)31-30-19(21(34)29-16-8-6-7-15(10-16)24(25,26)27)11-18-17(23(36)38-5)9-14(12-28-18)22(35)37-4/h6-10,12H,11,13H2,1-5H3,(H-,29,31,33,34)/p+1. The number of amides is 2. The molecule has 0 spiro atoms. The maximum atomic E-state index is 13.1. The van der Waals surface area contributed by atoms with E-state index in [2.05, 4.69) is 25.6 Å². The van der Waals surface area contributed by atoms with E-state index < -0.39 is 41.9 Å². The van der Waals surface area contributed by atoms with Crippen LogP contribution >= 0.6 is 0 Å². The van der Waals surface area contributed by atoms with Gasteiger partial charge in [-0.1, -0.05) is 6.07 Å². The summed E-state index contributed by atoms with van der Waals surface area (Å²) < 4.78 is 48.9. The number of hydrogen-bond acceptors (Lipinski definition) is 8. The van der Waals surface area contributed by atoms with Crippen molar-refractivity contribution < 1.29 is 46.3 Å². The molecule has 204 valence electrons. The van der Waals surface area contributed by atoms with E-state index in [1.165, 1.54) is 6.07 Å². The first kappa shape index (κ1) is 29.9. The largest absolute Gasteiger partial charge is 0.465 e. The smallest absolute Gasteiger partial charge is 0.416 e. The molecule has 2 N–H and O–H groups in total. The molecule has 0 unspecified atom stereocenters. The van der Waals surface area contributed by atoms with Gasteiger partial charge in [-0.15, -0.1) is 0 Å². The molecule has 38 heavy (non-hydrogen) atoms. The van der Waals surface area contributed by atoms with Crippen molar-refractivity contribution in [2.24, 2.45) is 5.10 Å².